The van der Waals surface area contributed by atoms with Gasteiger partial charge in [-0.05, 0) is 51.9 Å². The number of nitrogens with zero attached hydrogens (tertiary/aromatic N) is 2. The van der Waals surface area contributed by atoms with Crippen LogP contribution in [0.25, 0.3) is 0 Å². The average molecular weight is 370 g/mol. The number of likely N-dealkylation sites (tertiary alicyclic amines) is 1. The Morgan fingerprint density at radius 1 is 1.23 bits per heavy atom. The Morgan fingerprint density at radius 3 is 2.23 bits per heavy atom. The van der Waals surface area contributed by atoms with Crippen LogP contribution in [-0.4, -0.2) is 63.5 Å². The first kappa shape index (κ1) is 20.6. The predicted molar refractivity (Wildman–Crippen MR) is 95.6 cm³/mol. The molecule has 2 fully saturated rings. The van der Waals surface area contributed by atoms with E-state index in [9.17, 15) is 23.9 Å². The molecule has 1 N–H and O–H groups in total. The van der Waals surface area contributed by atoms with Gasteiger partial charge in [0.25, 0.3) is 0 Å². The Labute approximate surface area is 154 Å². The molecule has 0 spiro atoms. The summed E-state index contributed by atoms with van der Waals surface area (Å²) in [6, 6.07) is -0.865. The maximum atomic E-state index is 13.6. The van der Waals surface area contributed by atoms with Crippen LogP contribution in [0.2, 0.25) is 0 Å². The maximum Gasteiger partial charge on any atom is 0.408 e. The molecule has 0 unspecified atom stereocenters. The normalized spacial score (nSPS) is 24.4. The highest BCUT2D eigenvalue weighted by Crippen LogP contribution is 2.35. The Balaban J connectivity index is 2.32. The zero-order chi connectivity index (χ0) is 19.6. The van der Waals surface area contributed by atoms with Gasteiger partial charge in [-0.2, -0.15) is 0 Å². The first-order chi connectivity index (χ1) is 12.0. The molecule has 1 aliphatic heterocycles. The van der Waals surface area contributed by atoms with Gasteiger partial charge in [-0.1, -0.05) is 6.92 Å². The van der Waals surface area contributed by atoms with Crippen LogP contribution in [-0.2, 0) is 9.59 Å². The van der Waals surface area contributed by atoms with Crippen molar-refractivity contribution in [1.29, 1.82) is 0 Å². The molecule has 2 aliphatic rings. The van der Waals surface area contributed by atoms with Crippen molar-refractivity contribution in [3.63, 3.8) is 0 Å². The number of halogens is 1. The number of rotatable bonds is 4. The van der Waals surface area contributed by atoms with Crippen LogP contribution in [0.15, 0.2) is 0 Å². The minimum absolute atomic E-state index is 0.0306. The second kappa shape index (κ2) is 7.92. The zero-order valence-corrected chi connectivity index (χ0v) is 16.2. The van der Waals surface area contributed by atoms with Gasteiger partial charge in [0.2, 0.25) is 5.91 Å². The summed E-state index contributed by atoms with van der Waals surface area (Å²) >= 11 is 0. The fourth-order valence-corrected chi connectivity index (χ4v) is 4.24. The summed E-state index contributed by atoms with van der Waals surface area (Å²) in [6.45, 7) is 7.54. The Hall–Kier alpha value is -1.66. The third-order valence-corrected chi connectivity index (χ3v) is 5.73. The molecule has 26 heavy (non-hydrogen) atoms. The fraction of sp³-hybridized carbons (Fsp3) is 0.842. The van der Waals surface area contributed by atoms with E-state index in [1.807, 2.05) is 6.92 Å². The molecule has 7 heteroatoms. The fourth-order valence-electron chi connectivity index (χ4n) is 4.24. The highest BCUT2D eigenvalue weighted by atomic mass is 19.1. The Bertz CT molecular complexity index is 550. The summed E-state index contributed by atoms with van der Waals surface area (Å²) in [4.78, 5) is 39.5. The molecule has 2 amide bonds. The lowest BCUT2D eigenvalue weighted by molar-refractivity contribution is -0.140. The van der Waals surface area contributed by atoms with Crippen molar-refractivity contribution in [2.45, 2.75) is 77.6 Å². The van der Waals surface area contributed by atoms with E-state index in [0.29, 0.717) is 38.6 Å². The van der Waals surface area contributed by atoms with Gasteiger partial charge in [-0.3, -0.25) is 14.5 Å². The predicted octanol–water partition coefficient (Wildman–Crippen LogP) is 3.10. The molecule has 0 bridgehead atoms. The van der Waals surface area contributed by atoms with Crippen LogP contribution in [0.5, 0.6) is 0 Å². The standard InChI is InChI=1S/C19H31FN2O4/c1-12(13-5-7-15(23)8-6-13)16(22(18(25)26)19(2,3)4)17(24)21-10-9-14(20)11-21/h12-14,16H,5-11H2,1-4H3,(H,25,26)/t12-,14+,16+/m1/s1. The topological polar surface area (TPSA) is 77.9 Å². The van der Waals surface area contributed by atoms with E-state index < -0.39 is 23.8 Å². The van der Waals surface area contributed by atoms with Crippen molar-refractivity contribution in [2.75, 3.05) is 13.1 Å². The van der Waals surface area contributed by atoms with Crippen molar-refractivity contribution in [2.24, 2.45) is 11.8 Å². The van der Waals surface area contributed by atoms with Crippen LogP contribution in [0, 0.1) is 11.8 Å². The quantitative estimate of drug-likeness (QED) is 0.825. The van der Waals surface area contributed by atoms with E-state index in [0.717, 1.165) is 0 Å². The number of hydrogen-bond donors (Lipinski definition) is 1. The van der Waals surface area contributed by atoms with Crippen LogP contribution in [0.3, 0.4) is 0 Å². The number of hydrogen-bond acceptors (Lipinski definition) is 3. The number of carboxylic acid groups (broad SMARTS) is 1. The molecular formula is C19H31FN2O4. The summed E-state index contributed by atoms with van der Waals surface area (Å²) in [5, 5.41) is 9.84. The van der Waals surface area contributed by atoms with Crippen LogP contribution < -0.4 is 0 Å². The molecule has 0 aromatic heterocycles. The average Bonchev–Trinajstić information content (AvgIpc) is 2.97. The van der Waals surface area contributed by atoms with Crippen molar-refractivity contribution in [3.05, 3.63) is 0 Å². The molecule has 2 rings (SSSR count). The van der Waals surface area contributed by atoms with Crippen molar-refractivity contribution >= 4 is 17.8 Å². The number of carbonyl (C=O) groups excluding carboxylic acids is 2. The molecule has 0 aromatic rings. The van der Waals surface area contributed by atoms with Gasteiger partial charge >= 0.3 is 6.09 Å². The van der Waals surface area contributed by atoms with E-state index in [-0.39, 0.29) is 30.1 Å². The highest BCUT2D eigenvalue weighted by molar-refractivity contribution is 5.86. The molecule has 1 aliphatic carbocycles. The Kier molecular flexibility index (Phi) is 6.29. The maximum absolute atomic E-state index is 13.6. The summed E-state index contributed by atoms with van der Waals surface area (Å²) in [6.07, 6.45) is 0.414. The van der Waals surface area contributed by atoms with E-state index >= 15 is 0 Å². The SMILES string of the molecule is C[C@H](C1CCC(=O)CC1)[C@@H](C(=O)N1CC[C@H](F)C1)N(C(=O)O)C(C)(C)C. The van der Waals surface area contributed by atoms with Crippen molar-refractivity contribution in [1.82, 2.24) is 9.80 Å². The zero-order valence-electron chi connectivity index (χ0n) is 16.2. The molecule has 6 nitrogen and oxygen atoms in total. The number of amides is 2. The van der Waals surface area contributed by atoms with Gasteiger partial charge < -0.3 is 10.0 Å². The third-order valence-electron chi connectivity index (χ3n) is 5.73. The summed E-state index contributed by atoms with van der Waals surface area (Å²) in [7, 11) is 0. The van der Waals surface area contributed by atoms with Crippen molar-refractivity contribution < 1.29 is 23.9 Å². The van der Waals surface area contributed by atoms with Crippen LogP contribution in [0.1, 0.15) is 59.8 Å². The lowest BCUT2D eigenvalue weighted by Crippen LogP contribution is -2.60. The molecule has 0 radical (unpaired) electrons. The van der Waals surface area contributed by atoms with Crippen LogP contribution in [0.4, 0.5) is 9.18 Å². The van der Waals surface area contributed by atoms with E-state index in [1.54, 1.807) is 20.8 Å². The minimum atomic E-state index is -1.15. The lowest BCUT2D eigenvalue weighted by atomic mass is 9.76. The molecule has 1 saturated heterocycles. The summed E-state index contributed by atoms with van der Waals surface area (Å²) in [5.41, 5.74) is -0.764. The molecule has 148 valence electrons. The first-order valence-corrected chi connectivity index (χ1v) is 9.49. The van der Waals surface area contributed by atoms with Gasteiger partial charge in [0.1, 0.15) is 18.0 Å². The van der Waals surface area contributed by atoms with E-state index in [1.165, 1.54) is 9.80 Å². The van der Waals surface area contributed by atoms with Gasteiger partial charge in [0, 0.05) is 24.9 Å². The number of Topliss-reactive ketones (excluding diaryl/α,β-unsaturated/α-hetero) is 1. The summed E-state index contributed by atoms with van der Waals surface area (Å²) < 4.78 is 13.6. The van der Waals surface area contributed by atoms with Gasteiger partial charge in [0.15, 0.2) is 0 Å². The number of alkyl halides is 1. The van der Waals surface area contributed by atoms with E-state index in [4.69, 9.17) is 0 Å². The first-order valence-electron chi connectivity index (χ1n) is 9.49. The molecule has 0 aromatic carbocycles. The second-order valence-electron chi connectivity index (χ2n) is 8.67. The van der Waals surface area contributed by atoms with Crippen molar-refractivity contribution in [3.8, 4) is 0 Å². The molecule has 1 heterocycles. The van der Waals surface area contributed by atoms with Crippen LogP contribution >= 0.6 is 0 Å². The summed E-state index contributed by atoms with van der Waals surface area (Å²) in [5.74, 6) is -0.215. The highest BCUT2D eigenvalue weighted by Gasteiger charge is 2.45. The molecular weight excluding hydrogens is 339 g/mol. The molecule has 1 saturated carbocycles. The molecule has 3 atom stereocenters. The van der Waals surface area contributed by atoms with Gasteiger partial charge in [0.05, 0.1) is 6.54 Å². The van der Waals surface area contributed by atoms with Gasteiger partial charge in [-0.15, -0.1) is 0 Å². The van der Waals surface area contributed by atoms with Gasteiger partial charge in [-0.25, -0.2) is 9.18 Å². The third kappa shape index (κ3) is 4.54. The minimum Gasteiger partial charge on any atom is -0.465 e. The lowest BCUT2D eigenvalue weighted by Gasteiger charge is -2.45. The Morgan fingerprint density at radius 2 is 1.81 bits per heavy atom. The van der Waals surface area contributed by atoms with E-state index in [2.05, 4.69) is 0 Å². The largest absolute Gasteiger partial charge is 0.465 e. The number of ketones is 1. The number of carbonyl (C=O) groups is 3. The monoisotopic (exact) mass is 370 g/mol. The second-order valence-corrected chi connectivity index (χ2v) is 8.67. The smallest absolute Gasteiger partial charge is 0.408 e.